The lowest BCUT2D eigenvalue weighted by molar-refractivity contribution is 0.0996. The molecule has 0 fully saturated rings. The number of carboxylic acid groups (broad SMARTS) is 1. The lowest BCUT2D eigenvalue weighted by atomic mass is 9.78. The molecule has 1 unspecified atom stereocenters. The molecule has 0 saturated carbocycles. The highest BCUT2D eigenvalue weighted by Gasteiger charge is 2.38. The summed E-state index contributed by atoms with van der Waals surface area (Å²) in [6.45, 7) is 6.04. The van der Waals surface area contributed by atoms with Gasteiger partial charge in [0.25, 0.3) is 0 Å². The van der Waals surface area contributed by atoms with E-state index >= 15 is 0 Å². The molecule has 1 aliphatic heterocycles. The Morgan fingerprint density at radius 3 is 2.58 bits per heavy atom. The van der Waals surface area contributed by atoms with E-state index in [0.29, 0.717) is 17.9 Å². The van der Waals surface area contributed by atoms with Crippen LogP contribution in [0.4, 0.5) is 9.18 Å². The van der Waals surface area contributed by atoms with E-state index in [2.05, 4.69) is 5.32 Å². The summed E-state index contributed by atoms with van der Waals surface area (Å²) < 4.78 is 19.6. The van der Waals surface area contributed by atoms with Crippen molar-refractivity contribution in [3.63, 3.8) is 0 Å². The van der Waals surface area contributed by atoms with Crippen LogP contribution in [0.2, 0.25) is 0 Å². The topological polar surface area (TPSA) is 58.6 Å². The van der Waals surface area contributed by atoms with E-state index in [0.717, 1.165) is 16.7 Å². The second-order valence-electron chi connectivity index (χ2n) is 6.88. The lowest BCUT2D eigenvalue weighted by Crippen LogP contribution is -2.43. The van der Waals surface area contributed by atoms with Gasteiger partial charge in [-0.15, -0.1) is 0 Å². The molecular formula is C19H20FNO3. The minimum Gasteiger partial charge on any atom is -0.493 e. The molecule has 4 nitrogen and oxygen atoms in total. The van der Waals surface area contributed by atoms with Gasteiger partial charge < -0.3 is 15.2 Å². The number of halogens is 1. The van der Waals surface area contributed by atoms with E-state index in [1.54, 1.807) is 13.0 Å². The Morgan fingerprint density at radius 1 is 1.25 bits per heavy atom. The van der Waals surface area contributed by atoms with Crippen LogP contribution in [0.15, 0.2) is 36.4 Å². The molecular weight excluding hydrogens is 309 g/mol. The average Bonchev–Trinajstić information content (AvgIpc) is 2.52. The molecule has 0 bridgehead atoms. The standard InChI is InChI=1S/C19H20FNO3/c1-11-4-5-12(8-15(11)20)13-6-7-14-16(9-13)24-10-19(2,3)17(14)21-18(22)23/h4-9,17,21H,10H2,1-3H3,(H,22,23). The summed E-state index contributed by atoms with van der Waals surface area (Å²) in [5.41, 5.74) is 2.63. The number of aryl methyl sites for hydroxylation is 1. The number of ether oxygens (including phenoxy) is 1. The molecule has 0 aromatic heterocycles. The first kappa shape index (κ1) is 16.3. The summed E-state index contributed by atoms with van der Waals surface area (Å²) in [7, 11) is 0. The van der Waals surface area contributed by atoms with Gasteiger partial charge in [0, 0.05) is 11.0 Å². The van der Waals surface area contributed by atoms with Crippen molar-refractivity contribution in [3.8, 4) is 16.9 Å². The van der Waals surface area contributed by atoms with Gasteiger partial charge in [-0.3, -0.25) is 0 Å². The third kappa shape index (κ3) is 2.94. The molecule has 0 saturated heterocycles. The van der Waals surface area contributed by atoms with Crippen molar-refractivity contribution < 1.29 is 19.0 Å². The normalized spacial score (nSPS) is 18.4. The van der Waals surface area contributed by atoms with Crippen LogP contribution in [0.1, 0.15) is 31.0 Å². The number of benzene rings is 2. The van der Waals surface area contributed by atoms with Crippen LogP contribution < -0.4 is 10.1 Å². The summed E-state index contributed by atoms with van der Waals surface area (Å²) in [5.74, 6) is 0.379. The van der Waals surface area contributed by atoms with Gasteiger partial charge in [-0.1, -0.05) is 38.1 Å². The predicted molar refractivity (Wildman–Crippen MR) is 89.8 cm³/mol. The second kappa shape index (κ2) is 5.82. The van der Waals surface area contributed by atoms with Crippen LogP contribution >= 0.6 is 0 Å². The summed E-state index contributed by atoms with van der Waals surface area (Å²) in [5, 5.41) is 11.7. The van der Waals surface area contributed by atoms with Gasteiger partial charge in [-0.2, -0.15) is 0 Å². The van der Waals surface area contributed by atoms with Crippen LogP contribution in [0, 0.1) is 18.2 Å². The summed E-state index contributed by atoms with van der Waals surface area (Å²) in [6, 6.07) is 10.3. The smallest absolute Gasteiger partial charge is 0.405 e. The molecule has 2 N–H and O–H groups in total. The number of carbonyl (C=O) groups is 1. The molecule has 1 atom stereocenters. The first-order chi connectivity index (χ1) is 11.3. The maximum absolute atomic E-state index is 13.8. The fraction of sp³-hybridized carbons (Fsp3) is 0.316. The molecule has 1 amide bonds. The number of amides is 1. The van der Waals surface area contributed by atoms with E-state index in [1.165, 1.54) is 6.07 Å². The number of hydrogen-bond acceptors (Lipinski definition) is 2. The van der Waals surface area contributed by atoms with Crippen molar-refractivity contribution in [2.24, 2.45) is 5.41 Å². The first-order valence-corrected chi connectivity index (χ1v) is 7.81. The minimum absolute atomic E-state index is 0.252. The van der Waals surface area contributed by atoms with Gasteiger partial charge in [-0.05, 0) is 35.7 Å². The number of hydrogen-bond donors (Lipinski definition) is 2. The largest absolute Gasteiger partial charge is 0.493 e. The van der Waals surface area contributed by atoms with Crippen molar-refractivity contribution in [1.29, 1.82) is 0 Å². The Morgan fingerprint density at radius 2 is 1.92 bits per heavy atom. The van der Waals surface area contributed by atoms with Crippen molar-refractivity contribution in [2.45, 2.75) is 26.8 Å². The second-order valence-corrected chi connectivity index (χ2v) is 6.88. The van der Waals surface area contributed by atoms with Crippen molar-refractivity contribution in [2.75, 3.05) is 6.61 Å². The van der Waals surface area contributed by atoms with E-state index in [9.17, 15) is 9.18 Å². The summed E-state index contributed by atoms with van der Waals surface area (Å²) in [6.07, 6.45) is -1.06. The van der Waals surface area contributed by atoms with Gasteiger partial charge in [-0.25, -0.2) is 9.18 Å². The molecule has 0 aliphatic carbocycles. The van der Waals surface area contributed by atoms with Crippen molar-refractivity contribution >= 4 is 6.09 Å². The maximum atomic E-state index is 13.8. The Labute approximate surface area is 140 Å². The lowest BCUT2D eigenvalue weighted by Gasteiger charge is -2.39. The number of fused-ring (bicyclic) bond motifs is 1. The van der Waals surface area contributed by atoms with Gasteiger partial charge >= 0.3 is 6.09 Å². The monoisotopic (exact) mass is 329 g/mol. The zero-order valence-corrected chi connectivity index (χ0v) is 13.9. The van der Waals surface area contributed by atoms with Gasteiger partial charge in [0.05, 0.1) is 12.6 Å². The van der Waals surface area contributed by atoms with Crippen LogP contribution in [0.25, 0.3) is 11.1 Å². The van der Waals surface area contributed by atoms with Crippen LogP contribution in [0.3, 0.4) is 0 Å². The molecule has 5 heteroatoms. The predicted octanol–water partition coefficient (Wildman–Crippen LogP) is 4.53. The van der Waals surface area contributed by atoms with E-state index in [1.807, 2.05) is 38.1 Å². The zero-order chi connectivity index (χ0) is 17.5. The van der Waals surface area contributed by atoms with Crippen LogP contribution in [0.5, 0.6) is 5.75 Å². The highest BCUT2D eigenvalue weighted by molar-refractivity contribution is 5.69. The molecule has 126 valence electrons. The van der Waals surface area contributed by atoms with Gasteiger partial charge in [0.15, 0.2) is 0 Å². The maximum Gasteiger partial charge on any atom is 0.405 e. The molecule has 2 aromatic carbocycles. The van der Waals surface area contributed by atoms with Crippen LogP contribution in [-0.4, -0.2) is 17.8 Å². The van der Waals surface area contributed by atoms with E-state index in [-0.39, 0.29) is 17.3 Å². The Kier molecular flexibility index (Phi) is 3.95. The minimum atomic E-state index is -1.06. The summed E-state index contributed by atoms with van der Waals surface area (Å²) in [4.78, 5) is 11.1. The van der Waals surface area contributed by atoms with Gasteiger partial charge in [0.2, 0.25) is 0 Å². The summed E-state index contributed by atoms with van der Waals surface area (Å²) >= 11 is 0. The van der Waals surface area contributed by atoms with Crippen molar-refractivity contribution in [1.82, 2.24) is 5.32 Å². The highest BCUT2D eigenvalue weighted by atomic mass is 19.1. The van der Waals surface area contributed by atoms with E-state index in [4.69, 9.17) is 9.84 Å². The molecule has 0 radical (unpaired) electrons. The molecule has 3 rings (SSSR count). The third-order valence-corrected chi connectivity index (χ3v) is 4.48. The highest BCUT2D eigenvalue weighted by Crippen LogP contribution is 2.44. The SMILES string of the molecule is Cc1ccc(-c2ccc3c(c2)OCC(C)(C)C3NC(=O)O)cc1F. The molecule has 1 heterocycles. The molecule has 2 aromatic rings. The van der Waals surface area contributed by atoms with Crippen molar-refractivity contribution in [3.05, 3.63) is 53.3 Å². The van der Waals surface area contributed by atoms with Gasteiger partial charge in [0.1, 0.15) is 11.6 Å². The average molecular weight is 329 g/mol. The third-order valence-electron chi connectivity index (χ3n) is 4.48. The molecule has 0 spiro atoms. The fourth-order valence-corrected chi connectivity index (χ4v) is 3.01. The zero-order valence-electron chi connectivity index (χ0n) is 13.9. The molecule has 1 aliphatic rings. The quantitative estimate of drug-likeness (QED) is 0.851. The Balaban J connectivity index is 2.02. The Bertz CT molecular complexity index is 801. The van der Waals surface area contributed by atoms with E-state index < -0.39 is 6.09 Å². The fourth-order valence-electron chi connectivity index (χ4n) is 3.01. The number of nitrogens with one attached hydrogen (secondary N) is 1. The number of rotatable bonds is 2. The van der Waals surface area contributed by atoms with Crippen LogP contribution in [-0.2, 0) is 0 Å². The Hall–Kier alpha value is -2.56. The first-order valence-electron chi connectivity index (χ1n) is 7.81. The molecule has 24 heavy (non-hydrogen) atoms.